The topological polar surface area (TPSA) is 67.7 Å². The molecule has 0 bridgehead atoms. The molecule has 1 aliphatic heterocycles. The molecule has 7 nitrogen and oxygen atoms in total. The number of piperidine rings is 1. The van der Waals surface area contributed by atoms with Crippen molar-refractivity contribution < 1.29 is 14.3 Å². The predicted molar refractivity (Wildman–Crippen MR) is 193 cm³/mol. The van der Waals surface area contributed by atoms with Gasteiger partial charge in [-0.2, -0.15) is 0 Å². The van der Waals surface area contributed by atoms with Crippen LogP contribution in [0.1, 0.15) is 73.9 Å². The molecule has 4 aromatic rings. The Morgan fingerprint density at radius 3 is 2.52 bits per heavy atom. The van der Waals surface area contributed by atoms with E-state index in [2.05, 4.69) is 50.8 Å². The van der Waals surface area contributed by atoms with Crippen LogP contribution in [0.25, 0.3) is 0 Å². The number of nitrogens with zero attached hydrogens (tertiary/aromatic N) is 4. The molecule has 6 rings (SSSR count). The van der Waals surface area contributed by atoms with Gasteiger partial charge in [0.1, 0.15) is 11.6 Å². The second-order valence-corrected chi connectivity index (χ2v) is 15.4. The molecule has 2 amide bonds. The van der Waals surface area contributed by atoms with Crippen LogP contribution in [0, 0.1) is 5.92 Å². The lowest BCUT2D eigenvalue weighted by Gasteiger charge is -2.43. The van der Waals surface area contributed by atoms with Crippen LogP contribution in [0.4, 0.5) is 4.79 Å². The third-order valence-corrected chi connectivity index (χ3v) is 10.1. The van der Waals surface area contributed by atoms with Crippen molar-refractivity contribution in [2.45, 2.75) is 83.5 Å². The number of aromatic nitrogens is 2. The number of ether oxygens (including phenoxy) is 1. The summed E-state index contributed by atoms with van der Waals surface area (Å²) in [6, 6.07) is 21.8. The van der Waals surface area contributed by atoms with Crippen LogP contribution in [-0.2, 0) is 35.5 Å². The average molecular weight is 732 g/mol. The molecule has 2 aliphatic rings. The summed E-state index contributed by atoms with van der Waals surface area (Å²) >= 11 is 10.2. The number of rotatable bonds is 8. The maximum atomic E-state index is 14.9. The molecule has 3 atom stereocenters. The van der Waals surface area contributed by atoms with Crippen molar-refractivity contribution in [3.05, 3.63) is 123 Å². The fourth-order valence-electron chi connectivity index (χ4n) is 7.27. The van der Waals surface area contributed by atoms with Gasteiger partial charge in [0.05, 0.1) is 5.69 Å². The molecule has 3 heterocycles. The zero-order chi connectivity index (χ0) is 33.8. The summed E-state index contributed by atoms with van der Waals surface area (Å²) in [7, 11) is 0. The summed E-state index contributed by atoms with van der Waals surface area (Å²) < 4.78 is 8.99. The van der Waals surface area contributed by atoms with Gasteiger partial charge in [-0.15, -0.1) is 0 Å². The molecule has 252 valence electrons. The number of amides is 2. The molecule has 0 spiro atoms. The van der Waals surface area contributed by atoms with Gasteiger partial charge in [-0.05, 0) is 127 Å². The number of halogens is 2. The second-order valence-electron chi connectivity index (χ2n) is 14.0. The van der Waals surface area contributed by atoms with Crippen LogP contribution in [0.3, 0.4) is 0 Å². The molecular weight excluding hydrogens is 688 g/mol. The van der Waals surface area contributed by atoms with Gasteiger partial charge in [0.2, 0.25) is 5.91 Å². The van der Waals surface area contributed by atoms with Crippen LogP contribution in [0.5, 0.6) is 0 Å². The predicted octanol–water partition coefficient (Wildman–Crippen LogP) is 8.66. The third kappa shape index (κ3) is 8.15. The first-order valence-corrected chi connectivity index (χ1v) is 18.1. The number of fused-ring (bicyclic) bond motifs is 2. The standard InChI is InChI=1S/C39H44BrClN4O3/c1-39(2,3)48-38(47)45-21-16-29(35-33-15-14-32(41)23-28(33)12-13-30-22-31(40)25-42-36(30)35)24-34(45)37(46)44(26-27-10-5-4-6-11-27)20-9-19-43-17-7-8-18-43/h4-8,10-11,14-15,17-18,22-23,25,29,34-35H,9,12-13,16,19-21,24,26H2,1-3H3/t29?,34?,35-/m0/s1. The third-order valence-electron chi connectivity index (χ3n) is 9.43. The molecule has 2 aromatic carbocycles. The minimum absolute atomic E-state index is 0.0322. The summed E-state index contributed by atoms with van der Waals surface area (Å²) in [5.41, 5.74) is 5.06. The van der Waals surface area contributed by atoms with E-state index in [9.17, 15) is 9.59 Å². The molecule has 1 aliphatic carbocycles. The summed E-state index contributed by atoms with van der Waals surface area (Å²) in [6.45, 7) is 7.86. The highest BCUT2D eigenvalue weighted by Gasteiger charge is 2.44. The maximum absolute atomic E-state index is 14.9. The van der Waals surface area contributed by atoms with Crippen molar-refractivity contribution in [3.63, 3.8) is 0 Å². The minimum Gasteiger partial charge on any atom is -0.444 e. The Morgan fingerprint density at radius 2 is 1.77 bits per heavy atom. The molecule has 1 saturated heterocycles. The van der Waals surface area contributed by atoms with Crippen LogP contribution >= 0.6 is 27.5 Å². The van der Waals surface area contributed by atoms with Crippen molar-refractivity contribution in [2.75, 3.05) is 13.1 Å². The van der Waals surface area contributed by atoms with Crippen molar-refractivity contribution in [2.24, 2.45) is 5.92 Å². The molecule has 1 fully saturated rings. The number of carbonyl (C=O) groups is 2. The van der Waals surface area contributed by atoms with E-state index in [-0.39, 0.29) is 17.7 Å². The Hall–Kier alpha value is -3.62. The normalized spacial score (nSPS) is 19.2. The van der Waals surface area contributed by atoms with Gasteiger partial charge < -0.3 is 14.2 Å². The second kappa shape index (κ2) is 14.9. The highest BCUT2D eigenvalue weighted by molar-refractivity contribution is 9.10. The summed E-state index contributed by atoms with van der Waals surface area (Å²) in [5, 5.41) is 0.719. The number of carbonyl (C=O) groups excluding carboxylic acids is 2. The number of aryl methyl sites for hydroxylation is 3. The molecule has 2 aromatic heterocycles. The van der Waals surface area contributed by atoms with E-state index >= 15 is 0 Å². The van der Waals surface area contributed by atoms with Gasteiger partial charge in [0, 0.05) is 60.2 Å². The van der Waals surface area contributed by atoms with Gasteiger partial charge in [-0.3, -0.25) is 14.7 Å². The largest absolute Gasteiger partial charge is 0.444 e. The SMILES string of the molecule is CC(C)(C)OC(=O)N1CCC([C@H]2c3ccc(Cl)cc3CCc3cc(Br)cnc32)CC1C(=O)N(CCCn1cccc1)Cc1ccccc1. The van der Waals surface area contributed by atoms with Gasteiger partial charge in [0.25, 0.3) is 0 Å². The fourth-order valence-corrected chi connectivity index (χ4v) is 7.85. The molecule has 48 heavy (non-hydrogen) atoms. The molecule has 0 saturated carbocycles. The van der Waals surface area contributed by atoms with Gasteiger partial charge in [0.15, 0.2) is 0 Å². The Kier molecular flexibility index (Phi) is 10.6. The van der Waals surface area contributed by atoms with E-state index in [4.69, 9.17) is 21.3 Å². The lowest BCUT2D eigenvalue weighted by atomic mass is 9.74. The lowest BCUT2D eigenvalue weighted by Crippen LogP contribution is -2.56. The van der Waals surface area contributed by atoms with Crippen LogP contribution in [0.15, 0.2) is 89.8 Å². The number of hydrogen-bond donors (Lipinski definition) is 0. The zero-order valence-electron chi connectivity index (χ0n) is 27.9. The number of likely N-dealkylation sites (tertiary alicyclic amines) is 1. The van der Waals surface area contributed by atoms with E-state index in [0.29, 0.717) is 26.1 Å². The minimum atomic E-state index is -0.683. The van der Waals surface area contributed by atoms with E-state index in [1.54, 1.807) is 4.90 Å². The first-order valence-electron chi connectivity index (χ1n) is 16.9. The van der Waals surface area contributed by atoms with Gasteiger partial charge in [-0.1, -0.05) is 48.0 Å². The van der Waals surface area contributed by atoms with Crippen molar-refractivity contribution in [1.29, 1.82) is 0 Å². The van der Waals surface area contributed by atoms with E-state index in [0.717, 1.165) is 53.0 Å². The average Bonchev–Trinajstić information content (AvgIpc) is 3.52. The Balaban J connectivity index is 1.36. The number of benzene rings is 2. The van der Waals surface area contributed by atoms with Crippen molar-refractivity contribution in [1.82, 2.24) is 19.4 Å². The highest BCUT2D eigenvalue weighted by atomic mass is 79.9. The first kappa shape index (κ1) is 34.3. The molecule has 2 unspecified atom stereocenters. The Morgan fingerprint density at radius 1 is 1.02 bits per heavy atom. The highest BCUT2D eigenvalue weighted by Crippen LogP contribution is 2.45. The molecule has 0 N–H and O–H groups in total. The summed E-state index contributed by atoms with van der Waals surface area (Å²) in [4.78, 5) is 37.3. The van der Waals surface area contributed by atoms with Gasteiger partial charge >= 0.3 is 6.09 Å². The smallest absolute Gasteiger partial charge is 0.410 e. The van der Waals surface area contributed by atoms with E-state index < -0.39 is 17.7 Å². The van der Waals surface area contributed by atoms with Crippen LogP contribution in [0.2, 0.25) is 5.02 Å². The summed E-state index contributed by atoms with van der Waals surface area (Å²) in [6.07, 6.45) is 9.25. The quantitative estimate of drug-likeness (QED) is 0.182. The van der Waals surface area contributed by atoms with Gasteiger partial charge in [-0.25, -0.2) is 4.79 Å². The van der Waals surface area contributed by atoms with E-state index in [1.165, 1.54) is 16.7 Å². The zero-order valence-corrected chi connectivity index (χ0v) is 30.3. The van der Waals surface area contributed by atoms with Crippen molar-refractivity contribution >= 4 is 39.5 Å². The van der Waals surface area contributed by atoms with Crippen molar-refractivity contribution in [3.8, 4) is 0 Å². The van der Waals surface area contributed by atoms with E-state index in [1.807, 2.05) is 80.7 Å². The van der Waals surface area contributed by atoms with Crippen LogP contribution in [-0.4, -0.2) is 56.1 Å². The molecule has 9 heteroatoms. The first-order chi connectivity index (χ1) is 23.1. The fraction of sp³-hybridized carbons (Fsp3) is 0.410. The Bertz CT molecular complexity index is 1670. The van der Waals surface area contributed by atoms with Crippen LogP contribution < -0.4 is 0 Å². The lowest BCUT2D eigenvalue weighted by molar-refractivity contribution is -0.139. The molecule has 0 radical (unpaired) electrons. The number of hydrogen-bond acceptors (Lipinski definition) is 4. The molecular formula is C39H44BrClN4O3. The number of pyridine rings is 1. The monoisotopic (exact) mass is 730 g/mol. The summed E-state index contributed by atoms with van der Waals surface area (Å²) in [5.74, 6) is -0.00679. The maximum Gasteiger partial charge on any atom is 0.410 e. The Labute approximate surface area is 297 Å².